The second-order valence-corrected chi connectivity index (χ2v) is 6.08. The Morgan fingerprint density at radius 2 is 1.82 bits per heavy atom. The molecule has 3 rings (SSSR count). The van der Waals surface area contributed by atoms with Gasteiger partial charge in [-0.25, -0.2) is 9.97 Å². The molecule has 2 N–H and O–H groups in total. The van der Waals surface area contributed by atoms with Gasteiger partial charge in [-0.15, -0.1) is 0 Å². The first-order chi connectivity index (χ1) is 13.6. The number of ether oxygens (including phenoxy) is 2. The number of carbonyl (C=O) groups is 1. The van der Waals surface area contributed by atoms with E-state index in [-0.39, 0.29) is 11.6 Å². The number of benzene rings is 2. The molecular formula is C21H22N4O3. The summed E-state index contributed by atoms with van der Waals surface area (Å²) in [7, 11) is 3.15. The Kier molecular flexibility index (Phi) is 6.06. The van der Waals surface area contributed by atoms with Gasteiger partial charge in [0, 0.05) is 18.4 Å². The molecule has 0 aliphatic heterocycles. The van der Waals surface area contributed by atoms with Gasteiger partial charge in [-0.05, 0) is 42.3 Å². The summed E-state index contributed by atoms with van der Waals surface area (Å²) >= 11 is 0. The summed E-state index contributed by atoms with van der Waals surface area (Å²) in [5.74, 6) is 1.33. The van der Waals surface area contributed by atoms with Gasteiger partial charge in [-0.1, -0.05) is 24.3 Å². The lowest BCUT2D eigenvalue weighted by atomic mass is 10.2. The molecule has 1 amide bonds. The van der Waals surface area contributed by atoms with Crippen molar-refractivity contribution < 1.29 is 14.3 Å². The molecule has 0 unspecified atom stereocenters. The number of hydrogen-bond donors (Lipinski definition) is 2. The fourth-order valence-corrected chi connectivity index (χ4v) is 2.64. The number of hydrogen-bond acceptors (Lipinski definition) is 6. The third-order valence-corrected chi connectivity index (χ3v) is 4.18. The van der Waals surface area contributed by atoms with Crippen LogP contribution in [0.15, 0.2) is 54.7 Å². The SMILES string of the molecule is COc1ccc(CNC(=O)c2ccnc(Nc3ccccc3C)n2)cc1OC. The van der Waals surface area contributed by atoms with Crippen LogP contribution in [0.25, 0.3) is 0 Å². The fraction of sp³-hybridized carbons (Fsp3) is 0.190. The Labute approximate surface area is 163 Å². The second kappa shape index (κ2) is 8.85. The minimum atomic E-state index is -0.287. The third kappa shape index (κ3) is 4.56. The zero-order chi connectivity index (χ0) is 19.9. The highest BCUT2D eigenvalue weighted by molar-refractivity contribution is 5.92. The van der Waals surface area contributed by atoms with Crippen LogP contribution in [0.2, 0.25) is 0 Å². The van der Waals surface area contributed by atoms with E-state index >= 15 is 0 Å². The summed E-state index contributed by atoms with van der Waals surface area (Å²) in [4.78, 5) is 21.0. The van der Waals surface area contributed by atoms with E-state index in [4.69, 9.17) is 9.47 Å². The van der Waals surface area contributed by atoms with Gasteiger partial charge in [0.05, 0.1) is 14.2 Å². The molecular weight excluding hydrogens is 356 g/mol. The quantitative estimate of drug-likeness (QED) is 0.655. The summed E-state index contributed by atoms with van der Waals surface area (Å²) in [6, 6.07) is 14.9. The molecule has 144 valence electrons. The number of aromatic nitrogens is 2. The number of carbonyl (C=O) groups excluding carboxylic acids is 1. The van der Waals surface area contributed by atoms with Crippen molar-refractivity contribution in [3.63, 3.8) is 0 Å². The monoisotopic (exact) mass is 378 g/mol. The van der Waals surface area contributed by atoms with Gasteiger partial charge in [-0.3, -0.25) is 4.79 Å². The molecule has 0 bridgehead atoms. The Hall–Kier alpha value is -3.61. The van der Waals surface area contributed by atoms with Crippen molar-refractivity contribution in [2.75, 3.05) is 19.5 Å². The summed E-state index contributed by atoms with van der Waals surface area (Å²) in [6.45, 7) is 2.33. The molecule has 7 nitrogen and oxygen atoms in total. The zero-order valence-electron chi connectivity index (χ0n) is 16.0. The van der Waals surface area contributed by atoms with E-state index in [9.17, 15) is 4.79 Å². The van der Waals surface area contributed by atoms with Crippen molar-refractivity contribution >= 4 is 17.5 Å². The van der Waals surface area contributed by atoms with E-state index in [1.807, 2.05) is 43.3 Å². The molecule has 1 aromatic heterocycles. The average Bonchev–Trinajstić information content (AvgIpc) is 2.73. The minimum absolute atomic E-state index is 0.284. The van der Waals surface area contributed by atoms with Crippen LogP contribution in [0.3, 0.4) is 0 Å². The van der Waals surface area contributed by atoms with Gasteiger partial charge >= 0.3 is 0 Å². The van der Waals surface area contributed by atoms with Crippen LogP contribution in [-0.2, 0) is 6.54 Å². The molecule has 28 heavy (non-hydrogen) atoms. The van der Waals surface area contributed by atoms with Crippen LogP contribution in [0.5, 0.6) is 11.5 Å². The van der Waals surface area contributed by atoms with Crippen LogP contribution in [0, 0.1) is 6.92 Å². The van der Waals surface area contributed by atoms with E-state index in [0.717, 1.165) is 16.8 Å². The molecule has 7 heteroatoms. The smallest absolute Gasteiger partial charge is 0.270 e. The van der Waals surface area contributed by atoms with Gasteiger partial charge in [-0.2, -0.15) is 0 Å². The number of nitrogens with one attached hydrogen (secondary N) is 2. The van der Waals surface area contributed by atoms with Gasteiger partial charge in [0.2, 0.25) is 5.95 Å². The molecule has 0 atom stereocenters. The highest BCUT2D eigenvalue weighted by atomic mass is 16.5. The van der Waals surface area contributed by atoms with Crippen molar-refractivity contribution in [2.24, 2.45) is 0 Å². The van der Waals surface area contributed by atoms with E-state index in [1.54, 1.807) is 32.5 Å². The van der Waals surface area contributed by atoms with E-state index in [1.165, 1.54) is 0 Å². The van der Waals surface area contributed by atoms with Crippen LogP contribution in [0.4, 0.5) is 11.6 Å². The van der Waals surface area contributed by atoms with Crippen LogP contribution in [-0.4, -0.2) is 30.1 Å². The molecule has 1 heterocycles. The number of nitrogens with zero attached hydrogens (tertiary/aromatic N) is 2. The average molecular weight is 378 g/mol. The lowest BCUT2D eigenvalue weighted by molar-refractivity contribution is 0.0946. The number of rotatable bonds is 7. The number of amides is 1. The molecule has 0 aliphatic carbocycles. The van der Waals surface area contributed by atoms with Crippen LogP contribution < -0.4 is 20.1 Å². The maximum Gasteiger partial charge on any atom is 0.270 e. The summed E-state index contributed by atoms with van der Waals surface area (Å²) in [5, 5.41) is 5.99. The van der Waals surface area contributed by atoms with Gasteiger partial charge in [0.1, 0.15) is 5.69 Å². The Morgan fingerprint density at radius 1 is 1.04 bits per heavy atom. The van der Waals surface area contributed by atoms with Gasteiger partial charge < -0.3 is 20.1 Å². The van der Waals surface area contributed by atoms with Gasteiger partial charge in [0.25, 0.3) is 5.91 Å². The normalized spacial score (nSPS) is 10.2. The molecule has 0 spiro atoms. The van der Waals surface area contributed by atoms with Crippen LogP contribution in [0.1, 0.15) is 21.6 Å². The van der Waals surface area contributed by atoms with Crippen molar-refractivity contribution in [1.29, 1.82) is 0 Å². The maximum absolute atomic E-state index is 12.5. The lowest BCUT2D eigenvalue weighted by Gasteiger charge is -2.11. The summed E-state index contributed by atoms with van der Waals surface area (Å²) in [5.41, 5.74) is 3.13. The zero-order valence-corrected chi connectivity index (χ0v) is 16.0. The highest BCUT2D eigenvalue weighted by Gasteiger charge is 2.11. The first kappa shape index (κ1) is 19.2. The molecule has 0 aliphatic rings. The van der Waals surface area contributed by atoms with Crippen molar-refractivity contribution in [2.45, 2.75) is 13.5 Å². The molecule has 0 saturated heterocycles. The molecule has 3 aromatic rings. The van der Waals surface area contributed by atoms with E-state index in [0.29, 0.717) is 24.0 Å². The van der Waals surface area contributed by atoms with Gasteiger partial charge in [0.15, 0.2) is 11.5 Å². The summed E-state index contributed by atoms with van der Waals surface area (Å²) in [6.07, 6.45) is 1.55. The molecule has 2 aromatic carbocycles. The van der Waals surface area contributed by atoms with Crippen molar-refractivity contribution in [3.8, 4) is 11.5 Å². The number of para-hydroxylation sites is 1. The molecule has 0 radical (unpaired) electrons. The second-order valence-electron chi connectivity index (χ2n) is 6.08. The lowest BCUT2D eigenvalue weighted by Crippen LogP contribution is -2.24. The number of aryl methyl sites for hydroxylation is 1. The van der Waals surface area contributed by atoms with Crippen molar-refractivity contribution in [1.82, 2.24) is 15.3 Å². The van der Waals surface area contributed by atoms with E-state index < -0.39 is 0 Å². The predicted molar refractivity (Wildman–Crippen MR) is 107 cm³/mol. The number of anilines is 2. The predicted octanol–water partition coefficient (Wildman–Crippen LogP) is 3.48. The van der Waals surface area contributed by atoms with E-state index in [2.05, 4.69) is 20.6 Å². The topological polar surface area (TPSA) is 85.4 Å². The van der Waals surface area contributed by atoms with Crippen molar-refractivity contribution in [3.05, 3.63) is 71.5 Å². The standard InChI is InChI=1S/C21H22N4O3/c1-14-6-4-5-7-16(14)24-21-22-11-10-17(25-21)20(26)23-13-15-8-9-18(27-2)19(12-15)28-3/h4-12H,13H2,1-3H3,(H,23,26)(H,22,24,25). The minimum Gasteiger partial charge on any atom is -0.493 e. The Balaban J connectivity index is 1.67. The largest absolute Gasteiger partial charge is 0.493 e. The third-order valence-electron chi connectivity index (χ3n) is 4.18. The summed E-state index contributed by atoms with van der Waals surface area (Å²) < 4.78 is 10.5. The molecule has 0 fully saturated rings. The Morgan fingerprint density at radius 3 is 2.57 bits per heavy atom. The highest BCUT2D eigenvalue weighted by Crippen LogP contribution is 2.27. The molecule has 0 saturated carbocycles. The number of methoxy groups -OCH3 is 2. The first-order valence-electron chi connectivity index (χ1n) is 8.75. The fourth-order valence-electron chi connectivity index (χ4n) is 2.64. The van der Waals surface area contributed by atoms with Crippen LogP contribution >= 0.6 is 0 Å². The maximum atomic E-state index is 12.5. The first-order valence-corrected chi connectivity index (χ1v) is 8.75. The Bertz CT molecular complexity index is 975.